The maximum Gasteiger partial charge on any atom is 0.251 e. The van der Waals surface area contributed by atoms with E-state index in [1.54, 1.807) is 4.68 Å². The average Bonchev–Trinajstić information content (AvgIpc) is 3.30. The Balaban J connectivity index is 1.49. The summed E-state index contributed by atoms with van der Waals surface area (Å²) < 4.78 is 1.65. The minimum Gasteiger partial charge on any atom is -0.365 e. The van der Waals surface area contributed by atoms with E-state index in [1.807, 2.05) is 32.0 Å². The van der Waals surface area contributed by atoms with E-state index in [4.69, 9.17) is 5.73 Å². The molecule has 2 heterocycles. The molecule has 0 fully saturated rings. The highest BCUT2D eigenvalue weighted by molar-refractivity contribution is 7.99. The van der Waals surface area contributed by atoms with Crippen LogP contribution in [0, 0.1) is 13.8 Å². The fourth-order valence-corrected chi connectivity index (χ4v) is 5.74. The van der Waals surface area contributed by atoms with Crippen molar-refractivity contribution in [3.05, 3.63) is 45.3 Å². The molecule has 1 aliphatic carbocycles. The lowest BCUT2D eigenvalue weighted by molar-refractivity contribution is -0.113. The fourth-order valence-electron chi connectivity index (χ4n) is 3.76. The minimum atomic E-state index is -0.490. The molecular weight excluding hydrogens is 420 g/mol. The maximum absolute atomic E-state index is 12.6. The number of rotatable bonds is 6. The first-order valence-electron chi connectivity index (χ1n) is 9.67. The lowest BCUT2D eigenvalue weighted by Crippen LogP contribution is -2.19. The molecule has 4 rings (SSSR count). The van der Waals surface area contributed by atoms with Gasteiger partial charge in [-0.3, -0.25) is 9.59 Å². The van der Waals surface area contributed by atoms with Gasteiger partial charge in [-0.15, -0.1) is 16.4 Å². The summed E-state index contributed by atoms with van der Waals surface area (Å²) in [7, 11) is 0. The zero-order valence-corrected chi connectivity index (χ0v) is 18.4. The monoisotopic (exact) mass is 442 g/mol. The molecule has 3 aromatic rings. The number of hydrogen-bond acceptors (Lipinski definition) is 7. The molecule has 1 aliphatic rings. The summed E-state index contributed by atoms with van der Waals surface area (Å²) >= 11 is 2.70. The van der Waals surface area contributed by atoms with E-state index < -0.39 is 5.91 Å². The molecular formula is C20H22N6O2S2. The number of para-hydroxylation sites is 1. The summed E-state index contributed by atoms with van der Waals surface area (Å²) in [5.41, 5.74) is 10.1. The quantitative estimate of drug-likeness (QED) is 0.567. The molecule has 3 N–H and O–H groups in total. The largest absolute Gasteiger partial charge is 0.365 e. The molecule has 0 unspecified atom stereocenters. The van der Waals surface area contributed by atoms with Crippen molar-refractivity contribution in [2.75, 3.05) is 11.1 Å². The van der Waals surface area contributed by atoms with Crippen LogP contribution in [0.2, 0.25) is 0 Å². The number of benzene rings is 1. The van der Waals surface area contributed by atoms with E-state index in [2.05, 4.69) is 20.8 Å². The van der Waals surface area contributed by atoms with Crippen LogP contribution in [0.1, 0.15) is 44.8 Å². The van der Waals surface area contributed by atoms with E-state index in [1.165, 1.54) is 23.1 Å². The summed E-state index contributed by atoms with van der Waals surface area (Å²) in [6.07, 6.45) is 3.89. The van der Waals surface area contributed by atoms with Crippen LogP contribution in [-0.2, 0) is 17.6 Å². The zero-order chi connectivity index (χ0) is 21.3. The first-order valence-corrected chi connectivity index (χ1v) is 11.5. The number of nitrogens with one attached hydrogen (secondary N) is 1. The standard InChI is InChI=1S/C20H22N6O2S2/c1-11-6-5-7-12(2)17(11)26-20(23-24-25-26)29-10-15(27)22-19-16(18(21)28)13-8-3-4-9-14(13)30-19/h5-7H,3-4,8-10H2,1-2H3,(H2,21,28)(H,22,27). The Labute approximate surface area is 182 Å². The van der Waals surface area contributed by atoms with Gasteiger partial charge in [-0.25, -0.2) is 0 Å². The maximum atomic E-state index is 12.6. The summed E-state index contributed by atoms with van der Waals surface area (Å²) in [6, 6.07) is 5.97. The summed E-state index contributed by atoms with van der Waals surface area (Å²) in [4.78, 5) is 25.8. The number of nitrogens with zero attached hydrogens (tertiary/aromatic N) is 4. The van der Waals surface area contributed by atoms with Crippen molar-refractivity contribution in [1.29, 1.82) is 0 Å². The molecule has 30 heavy (non-hydrogen) atoms. The highest BCUT2D eigenvalue weighted by Gasteiger charge is 2.25. The van der Waals surface area contributed by atoms with Crippen LogP contribution < -0.4 is 11.1 Å². The summed E-state index contributed by atoms with van der Waals surface area (Å²) in [6.45, 7) is 3.99. The number of primary amides is 1. The van der Waals surface area contributed by atoms with Gasteiger partial charge in [-0.2, -0.15) is 4.68 Å². The van der Waals surface area contributed by atoms with Crippen LogP contribution in [0.15, 0.2) is 23.4 Å². The number of aryl methyl sites for hydroxylation is 3. The van der Waals surface area contributed by atoms with Crippen LogP contribution in [0.5, 0.6) is 0 Å². The van der Waals surface area contributed by atoms with Gasteiger partial charge in [0, 0.05) is 4.88 Å². The molecule has 8 nitrogen and oxygen atoms in total. The molecule has 0 aliphatic heterocycles. The highest BCUT2D eigenvalue weighted by Crippen LogP contribution is 2.38. The smallest absolute Gasteiger partial charge is 0.251 e. The number of hydrogen-bond donors (Lipinski definition) is 2. The number of carbonyl (C=O) groups is 2. The molecule has 0 atom stereocenters. The van der Waals surface area contributed by atoms with E-state index in [9.17, 15) is 9.59 Å². The van der Waals surface area contributed by atoms with Crippen molar-refractivity contribution in [2.45, 2.75) is 44.7 Å². The van der Waals surface area contributed by atoms with Gasteiger partial charge in [-0.05, 0) is 66.6 Å². The van der Waals surface area contributed by atoms with Crippen LogP contribution >= 0.6 is 23.1 Å². The van der Waals surface area contributed by atoms with Gasteiger partial charge >= 0.3 is 0 Å². The second kappa shape index (κ2) is 8.57. The van der Waals surface area contributed by atoms with E-state index >= 15 is 0 Å². The third-order valence-electron chi connectivity index (χ3n) is 5.10. The second-order valence-corrected chi connectivity index (χ2v) is 9.28. The summed E-state index contributed by atoms with van der Waals surface area (Å²) in [5.74, 6) is -0.597. The SMILES string of the molecule is Cc1cccc(C)c1-n1nnnc1SCC(=O)Nc1sc2c(c1C(N)=O)CCCC2. The molecule has 156 valence electrons. The van der Waals surface area contributed by atoms with Gasteiger partial charge in [-0.1, -0.05) is 30.0 Å². The first-order chi connectivity index (χ1) is 14.5. The molecule has 0 saturated carbocycles. The Bertz CT molecular complexity index is 1100. The van der Waals surface area contributed by atoms with Crippen molar-refractivity contribution in [1.82, 2.24) is 20.2 Å². The van der Waals surface area contributed by atoms with Gasteiger partial charge in [0.15, 0.2) is 0 Å². The Morgan fingerprint density at radius 1 is 1.23 bits per heavy atom. The summed E-state index contributed by atoms with van der Waals surface area (Å²) in [5, 5.41) is 15.9. The number of tetrazole rings is 1. The topological polar surface area (TPSA) is 116 Å². The van der Waals surface area contributed by atoms with E-state index in [0.717, 1.165) is 52.9 Å². The van der Waals surface area contributed by atoms with Gasteiger partial charge in [0.05, 0.1) is 17.0 Å². The molecule has 1 aromatic carbocycles. The van der Waals surface area contributed by atoms with Crippen LogP contribution in [-0.4, -0.2) is 37.8 Å². The number of thioether (sulfide) groups is 1. The van der Waals surface area contributed by atoms with E-state index in [0.29, 0.717) is 15.7 Å². The number of carbonyl (C=O) groups excluding carboxylic acids is 2. The Kier molecular flexibility index (Phi) is 5.87. The normalized spacial score (nSPS) is 13.1. The molecule has 0 radical (unpaired) electrons. The molecule has 0 saturated heterocycles. The number of thiophene rings is 1. The highest BCUT2D eigenvalue weighted by atomic mass is 32.2. The Morgan fingerprint density at radius 3 is 2.70 bits per heavy atom. The van der Waals surface area contributed by atoms with E-state index in [-0.39, 0.29) is 11.7 Å². The zero-order valence-electron chi connectivity index (χ0n) is 16.8. The molecule has 10 heteroatoms. The fraction of sp³-hybridized carbons (Fsp3) is 0.350. The Morgan fingerprint density at radius 2 is 1.97 bits per heavy atom. The predicted molar refractivity (Wildman–Crippen MR) is 117 cm³/mol. The van der Waals surface area contributed by atoms with Crippen molar-refractivity contribution in [2.24, 2.45) is 5.73 Å². The minimum absolute atomic E-state index is 0.117. The number of nitrogens with two attached hydrogens (primary N) is 1. The predicted octanol–water partition coefficient (Wildman–Crippen LogP) is 3.05. The van der Waals surface area contributed by atoms with Crippen molar-refractivity contribution < 1.29 is 9.59 Å². The lowest BCUT2D eigenvalue weighted by atomic mass is 9.95. The number of amides is 2. The van der Waals surface area contributed by atoms with Gasteiger partial charge in [0.25, 0.3) is 5.91 Å². The van der Waals surface area contributed by atoms with Gasteiger partial charge < -0.3 is 11.1 Å². The third kappa shape index (κ3) is 3.97. The van der Waals surface area contributed by atoms with Crippen molar-refractivity contribution >= 4 is 39.9 Å². The Hall–Kier alpha value is -2.72. The van der Waals surface area contributed by atoms with Gasteiger partial charge in [0.2, 0.25) is 11.1 Å². The first kappa shape index (κ1) is 20.5. The molecule has 0 bridgehead atoms. The van der Waals surface area contributed by atoms with Crippen LogP contribution in [0.3, 0.4) is 0 Å². The van der Waals surface area contributed by atoms with Crippen molar-refractivity contribution in [3.8, 4) is 5.69 Å². The molecule has 2 amide bonds. The van der Waals surface area contributed by atoms with Crippen molar-refractivity contribution in [3.63, 3.8) is 0 Å². The molecule has 0 spiro atoms. The molecule has 2 aromatic heterocycles. The lowest BCUT2D eigenvalue weighted by Gasteiger charge is -2.11. The average molecular weight is 443 g/mol. The van der Waals surface area contributed by atoms with Crippen LogP contribution in [0.25, 0.3) is 5.69 Å². The number of anilines is 1. The number of fused-ring (bicyclic) bond motifs is 1. The number of aromatic nitrogens is 4. The van der Waals surface area contributed by atoms with Gasteiger partial charge in [0.1, 0.15) is 5.00 Å². The second-order valence-electron chi connectivity index (χ2n) is 7.23. The third-order valence-corrected chi connectivity index (χ3v) is 7.22. The van der Waals surface area contributed by atoms with Crippen LogP contribution in [0.4, 0.5) is 5.00 Å².